The van der Waals surface area contributed by atoms with Crippen molar-refractivity contribution in [1.82, 2.24) is 10.1 Å². The molecule has 6 nitrogen and oxygen atoms in total. The second-order valence-corrected chi connectivity index (χ2v) is 15.2. The van der Waals surface area contributed by atoms with Crippen LogP contribution in [0.5, 0.6) is 0 Å². The van der Waals surface area contributed by atoms with Gasteiger partial charge in [0.1, 0.15) is 11.5 Å². The van der Waals surface area contributed by atoms with Gasteiger partial charge in [-0.1, -0.05) is 49.8 Å². The van der Waals surface area contributed by atoms with Crippen LogP contribution in [0.25, 0.3) is 16.5 Å². The molecule has 4 fully saturated rings. The highest BCUT2D eigenvalue weighted by Gasteiger charge is 2.46. The van der Waals surface area contributed by atoms with Crippen LogP contribution in [-0.2, 0) is 6.18 Å². The molecular weight excluding hydrogens is 603 g/mol. The number of fused-ring (bicyclic) bond motifs is 1. The summed E-state index contributed by atoms with van der Waals surface area (Å²) < 4.78 is 48.2. The van der Waals surface area contributed by atoms with Crippen molar-refractivity contribution in [3.63, 3.8) is 0 Å². The number of halogens is 3. The number of carboxylic acids is 1. The normalized spacial score (nSPS) is 22.6. The van der Waals surface area contributed by atoms with E-state index >= 15 is 0 Å². The Morgan fingerprint density at radius 2 is 1.57 bits per heavy atom. The maximum atomic E-state index is 14.0. The Morgan fingerprint density at radius 1 is 0.936 bits per heavy atom. The highest BCUT2D eigenvalue weighted by Crippen LogP contribution is 2.57. The Bertz CT molecular complexity index is 1670. The van der Waals surface area contributed by atoms with Gasteiger partial charge in [0.15, 0.2) is 0 Å². The SMILES string of the molecule is O=C(O)c1cc(C(F)(F)F)c2cc(N3CCC4(C=C(c5c(C(C6CCCCC6)C6CCCCC6)noc5C5CC5)C4)CC3)ccc2n1. The van der Waals surface area contributed by atoms with Gasteiger partial charge in [0.05, 0.1) is 16.8 Å². The molecule has 0 radical (unpaired) electrons. The molecule has 3 saturated carbocycles. The molecule has 0 bridgehead atoms. The highest BCUT2D eigenvalue weighted by atomic mass is 19.4. The molecule has 0 amide bonds. The Kier molecular flexibility index (Phi) is 7.87. The number of pyridine rings is 1. The molecule has 0 unspecified atom stereocenters. The van der Waals surface area contributed by atoms with Gasteiger partial charge in [-0.05, 0) is 105 Å². The molecule has 3 heterocycles. The van der Waals surface area contributed by atoms with Gasteiger partial charge in [0, 0.05) is 41.6 Å². The molecule has 8 rings (SSSR count). The Labute approximate surface area is 273 Å². The maximum absolute atomic E-state index is 14.0. The maximum Gasteiger partial charge on any atom is 0.417 e. The number of alkyl halides is 3. The molecule has 2 aromatic heterocycles. The van der Waals surface area contributed by atoms with Crippen molar-refractivity contribution in [2.75, 3.05) is 18.0 Å². The first kappa shape index (κ1) is 30.9. The quantitative estimate of drug-likeness (QED) is 0.275. The van der Waals surface area contributed by atoms with Gasteiger partial charge in [-0.3, -0.25) is 0 Å². The number of aromatic nitrogens is 2. The lowest BCUT2D eigenvalue weighted by Crippen LogP contribution is -2.42. The standard InChI is InChI=1S/C38H44F3N3O3/c39-38(40,41)29-20-31(36(45)46)42-30-14-13-27(19-28(29)30)44-17-15-37(16-18-44)21-26(22-37)33-34(43-47-35(33)25-11-12-25)32(23-7-3-1-4-8-23)24-9-5-2-6-10-24/h13-14,19-21,23-25,32H,1-12,15-18,22H2,(H,45,46). The van der Waals surface area contributed by atoms with Crippen LogP contribution in [-0.4, -0.2) is 34.3 Å². The summed E-state index contributed by atoms with van der Waals surface area (Å²) in [7, 11) is 0. The first-order valence-electron chi connectivity index (χ1n) is 17.9. The average molecular weight is 648 g/mol. The number of carbonyl (C=O) groups is 1. The molecule has 4 aliphatic carbocycles. The lowest BCUT2D eigenvalue weighted by Gasteiger charge is -2.47. The molecule has 9 heteroatoms. The van der Waals surface area contributed by atoms with Crippen LogP contribution in [0.2, 0.25) is 0 Å². The van der Waals surface area contributed by atoms with E-state index in [1.807, 2.05) is 0 Å². The van der Waals surface area contributed by atoms with Gasteiger partial charge < -0.3 is 14.5 Å². The second-order valence-electron chi connectivity index (χ2n) is 15.2. The molecule has 1 aromatic carbocycles. The first-order chi connectivity index (χ1) is 22.7. The molecular formula is C38H44F3N3O3. The molecule has 250 valence electrons. The van der Waals surface area contributed by atoms with E-state index in [4.69, 9.17) is 9.68 Å². The van der Waals surface area contributed by atoms with Gasteiger partial charge in [-0.15, -0.1) is 0 Å². The van der Waals surface area contributed by atoms with Crippen LogP contribution in [0.3, 0.4) is 0 Å². The fourth-order valence-electron chi connectivity index (χ4n) is 9.47. The van der Waals surface area contributed by atoms with Crippen LogP contribution in [0.15, 0.2) is 34.9 Å². The molecule has 1 N–H and O–H groups in total. The number of anilines is 1. The second kappa shape index (κ2) is 12.0. The van der Waals surface area contributed by atoms with Crippen LogP contribution >= 0.6 is 0 Å². The van der Waals surface area contributed by atoms with Gasteiger partial charge in [0.25, 0.3) is 0 Å². The van der Waals surface area contributed by atoms with Crippen LogP contribution in [0, 0.1) is 17.3 Å². The van der Waals surface area contributed by atoms with Crippen molar-refractivity contribution in [3.8, 4) is 0 Å². The van der Waals surface area contributed by atoms with E-state index in [0.29, 0.717) is 35.4 Å². The third-order valence-corrected chi connectivity index (χ3v) is 12.1. The summed E-state index contributed by atoms with van der Waals surface area (Å²) in [5.74, 6) is 2.05. The molecule has 1 saturated heterocycles. The van der Waals surface area contributed by atoms with Crippen molar-refractivity contribution in [3.05, 3.63) is 58.6 Å². The molecule has 1 spiro atoms. The Balaban J connectivity index is 1.05. The summed E-state index contributed by atoms with van der Waals surface area (Å²) in [6.45, 7) is 1.49. The smallest absolute Gasteiger partial charge is 0.417 e. The van der Waals surface area contributed by atoms with Crippen LogP contribution in [0.1, 0.15) is 141 Å². The Morgan fingerprint density at radius 3 is 2.15 bits per heavy atom. The van der Waals surface area contributed by atoms with Crippen molar-refractivity contribution in [1.29, 1.82) is 0 Å². The van der Waals surface area contributed by atoms with E-state index in [1.54, 1.807) is 6.07 Å². The third-order valence-electron chi connectivity index (χ3n) is 12.1. The van der Waals surface area contributed by atoms with Crippen LogP contribution < -0.4 is 4.90 Å². The van der Waals surface area contributed by atoms with E-state index in [1.165, 1.54) is 106 Å². The number of hydrogen-bond acceptors (Lipinski definition) is 5. The molecule has 1 aliphatic heterocycles. The summed E-state index contributed by atoms with van der Waals surface area (Å²) in [6, 6.07) is 5.45. The minimum Gasteiger partial charge on any atom is -0.477 e. The van der Waals surface area contributed by atoms with Crippen molar-refractivity contribution in [2.24, 2.45) is 17.3 Å². The first-order valence-corrected chi connectivity index (χ1v) is 17.9. The number of allylic oxidation sites excluding steroid dienone is 2. The van der Waals surface area contributed by atoms with E-state index in [0.717, 1.165) is 38.1 Å². The zero-order valence-corrected chi connectivity index (χ0v) is 27.0. The largest absolute Gasteiger partial charge is 0.477 e. The van der Waals surface area contributed by atoms with E-state index in [9.17, 15) is 23.1 Å². The van der Waals surface area contributed by atoms with E-state index in [2.05, 4.69) is 16.0 Å². The summed E-state index contributed by atoms with van der Waals surface area (Å²) in [6.07, 6.45) is 16.3. The lowest BCUT2D eigenvalue weighted by molar-refractivity contribution is -0.136. The van der Waals surface area contributed by atoms with Gasteiger partial charge in [-0.25, -0.2) is 9.78 Å². The molecule has 47 heavy (non-hydrogen) atoms. The molecule has 0 atom stereocenters. The third kappa shape index (κ3) is 5.86. The van der Waals surface area contributed by atoms with Crippen LogP contribution in [0.4, 0.5) is 18.9 Å². The predicted molar refractivity (Wildman–Crippen MR) is 175 cm³/mol. The van der Waals surface area contributed by atoms with E-state index < -0.39 is 23.4 Å². The summed E-state index contributed by atoms with van der Waals surface area (Å²) in [5, 5.41) is 14.2. The minimum absolute atomic E-state index is 0.0387. The Hall–Kier alpha value is -3.36. The summed E-state index contributed by atoms with van der Waals surface area (Å²) >= 11 is 0. The summed E-state index contributed by atoms with van der Waals surface area (Å²) in [4.78, 5) is 17.6. The summed E-state index contributed by atoms with van der Waals surface area (Å²) in [5.41, 5.74) is 3.31. The number of carboxylic acid groups (broad SMARTS) is 1. The monoisotopic (exact) mass is 647 g/mol. The lowest BCUT2D eigenvalue weighted by atomic mass is 9.62. The van der Waals surface area contributed by atoms with Gasteiger partial charge in [0.2, 0.25) is 0 Å². The number of aromatic carboxylic acids is 1. The number of benzene rings is 1. The fourth-order valence-corrected chi connectivity index (χ4v) is 9.47. The predicted octanol–water partition coefficient (Wildman–Crippen LogP) is 10.1. The number of hydrogen-bond donors (Lipinski definition) is 1. The number of rotatable bonds is 7. The zero-order chi connectivity index (χ0) is 32.3. The van der Waals surface area contributed by atoms with Crippen molar-refractivity contribution in [2.45, 2.75) is 114 Å². The van der Waals surface area contributed by atoms with Crippen molar-refractivity contribution >= 4 is 28.1 Å². The molecule has 3 aromatic rings. The fraction of sp³-hybridized carbons (Fsp3) is 0.605. The van der Waals surface area contributed by atoms with Gasteiger partial charge in [-0.2, -0.15) is 13.2 Å². The average Bonchev–Trinajstić information content (AvgIpc) is 3.83. The molecule has 5 aliphatic rings. The van der Waals surface area contributed by atoms with E-state index in [-0.39, 0.29) is 16.3 Å². The zero-order valence-electron chi connectivity index (χ0n) is 27.0. The number of piperidine rings is 1. The highest BCUT2D eigenvalue weighted by molar-refractivity contribution is 5.93. The van der Waals surface area contributed by atoms with Crippen molar-refractivity contribution < 1.29 is 27.6 Å². The van der Waals surface area contributed by atoms with Gasteiger partial charge >= 0.3 is 12.1 Å². The number of nitrogens with zero attached hydrogens (tertiary/aromatic N) is 3. The topological polar surface area (TPSA) is 79.5 Å². The minimum atomic E-state index is -4.68.